The van der Waals surface area contributed by atoms with E-state index in [1.807, 2.05) is 25.8 Å². The summed E-state index contributed by atoms with van der Waals surface area (Å²) in [6.45, 7) is 24.0. The molecule has 0 spiro atoms. The van der Waals surface area contributed by atoms with Gasteiger partial charge < -0.3 is 4.90 Å². The van der Waals surface area contributed by atoms with E-state index in [0.29, 0.717) is 0 Å². The second kappa shape index (κ2) is 17.6. The van der Waals surface area contributed by atoms with Crippen LogP contribution in [0.1, 0.15) is 81.1 Å². The first kappa shape index (κ1) is 24.5. The van der Waals surface area contributed by atoms with Gasteiger partial charge in [0.1, 0.15) is 0 Å². The zero-order chi connectivity index (χ0) is 17.4. The predicted octanol–water partition coefficient (Wildman–Crippen LogP) is 5.93. The summed E-state index contributed by atoms with van der Waals surface area (Å²) in [5.74, 6) is 0.979. The molecule has 1 fully saturated rings. The van der Waals surface area contributed by atoms with Crippen molar-refractivity contribution in [1.82, 2.24) is 9.21 Å². The van der Waals surface area contributed by atoms with Crippen molar-refractivity contribution in [3.63, 3.8) is 0 Å². The lowest BCUT2D eigenvalue weighted by Gasteiger charge is -2.28. The number of hydrogen-bond acceptors (Lipinski definition) is 3. The van der Waals surface area contributed by atoms with E-state index >= 15 is 0 Å². The van der Waals surface area contributed by atoms with E-state index in [1.165, 1.54) is 58.4 Å². The zero-order valence-corrected chi connectivity index (χ0v) is 17.6. The first-order valence-corrected chi connectivity index (χ1v) is 10.5. The molecule has 0 aliphatic carbocycles. The molecule has 0 atom stereocenters. The number of likely N-dealkylation sites (tertiary alicyclic amines) is 1. The molecule has 2 nitrogen and oxygen atoms in total. The molecule has 22 heavy (non-hydrogen) atoms. The molecule has 0 unspecified atom stereocenters. The molecule has 0 N–H and O–H groups in total. The molecule has 0 amide bonds. The van der Waals surface area contributed by atoms with Gasteiger partial charge in [-0.15, -0.1) is 0 Å². The minimum Gasteiger partial charge on any atom is -0.304 e. The number of nitrogens with zero attached hydrogens (tertiary/aromatic N) is 2. The number of rotatable bonds is 7. The van der Waals surface area contributed by atoms with Gasteiger partial charge in [-0.25, -0.2) is 0 Å². The molecule has 136 valence electrons. The van der Waals surface area contributed by atoms with Crippen LogP contribution in [0, 0.1) is 5.92 Å². The molecular weight excluding hydrogens is 288 g/mol. The van der Waals surface area contributed by atoms with Gasteiger partial charge in [0.25, 0.3) is 0 Å². The molecule has 1 rings (SSSR count). The summed E-state index contributed by atoms with van der Waals surface area (Å²) in [6.07, 6.45) is 5.35. The molecule has 1 aliphatic heterocycles. The standard InChI is InChI=1S/C9H21NS.C8H17N.C2H6/c1-5-7-10(8-6-2)11-9(3)4;1-3-9-6-4-8(2)5-7-9;1-2/h9H,5-8H2,1-4H3;8H,3-7H2,1-2H3;1-2H3. The highest BCUT2D eigenvalue weighted by molar-refractivity contribution is 7.97. The Hall–Kier alpha value is 0.270. The van der Waals surface area contributed by atoms with Crippen molar-refractivity contribution < 1.29 is 0 Å². The van der Waals surface area contributed by atoms with Crippen molar-refractivity contribution in [2.45, 2.75) is 86.3 Å². The molecule has 0 radical (unpaired) electrons. The Morgan fingerprint density at radius 3 is 1.77 bits per heavy atom. The van der Waals surface area contributed by atoms with Crippen molar-refractivity contribution in [3.05, 3.63) is 0 Å². The summed E-state index contributed by atoms with van der Waals surface area (Å²) in [6, 6.07) is 0. The lowest BCUT2D eigenvalue weighted by Crippen LogP contribution is -2.32. The maximum atomic E-state index is 2.53. The van der Waals surface area contributed by atoms with Crippen LogP contribution in [0.2, 0.25) is 0 Å². The fourth-order valence-corrected chi connectivity index (χ4v) is 3.56. The van der Waals surface area contributed by atoms with Crippen molar-refractivity contribution in [1.29, 1.82) is 0 Å². The molecule has 1 aliphatic rings. The molecule has 0 bridgehead atoms. The number of hydrogen-bond donors (Lipinski definition) is 0. The highest BCUT2D eigenvalue weighted by atomic mass is 32.2. The maximum Gasteiger partial charge on any atom is 0.0138 e. The maximum absolute atomic E-state index is 2.53. The third kappa shape index (κ3) is 15.2. The smallest absolute Gasteiger partial charge is 0.0138 e. The van der Waals surface area contributed by atoms with E-state index in [2.05, 4.69) is 50.7 Å². The fourth-order valence-electron chi connectivity index (χ4n) is 2.39. The summed E-state index contributed by atoms with van der Waals surface area (Å²) < 4.78 is 2.48. The third-order valence-corrected chi connectivity index (χ3v) is 4.71. The quantitative estimate of drug-likeness (QED) is 0.533. The number of piperidine rings is 1. The van der Waals surface area contributed by atoms with Crippen molar-refractivity contribution in [2.75, 3.05) is 32.7 Å². The van der Waals surface area contributed by atoms with Crippen LogP contribution in [0.5, 0.6) is 0 Å². The molecule has 1 saturated heterocycles. The van der Waals surface area contributed by atoms with Gasteiger partial charge in [0, 0.05) is 18.3 Å². The van der Waals surface area contributed by atoms with Crippen LogP contribution in [0.3, 0.4) is 0 Å². The Morgan fingerprint density at radius 2 is 1.45 bits per heavy atom. The first-order valence-electron chi connectivity index (χ1n) is 9.67. The van der Waals surface area contributed by atoms with Crippen LogP contribution >= 0.6 is 11.9 Å². The van der Waals surface area contributed by atoms with Gasteiger partial charge in [-0.1, -0.05) is 67.3 Å². The van der Waals surface area contributed by atoms with E-state index in [-0.39, 0.29) is 0 Å². The van der Waals surface area contributed by atoms with Gasteiger partial charge >= 0.3 is 0 Å². The fraction of sp³-hybridized carbons (Fsp3) is 1.00. The van der Waals surface area contributed by atoms with E-state index in [1.54, 1.807) is 0 Å². The molecule has 0 saturated carbocycles. The molecular formula is C19H44N2S. The Kier molecular flexibility index (Phi) is 19.6. The predicted molar refractivity (Wildman–Crippen MR) is 107 cm³/mol. The third-order valence-electron chi connectivity index (χ3n) is 3.63. The van der Waals surface area contributed by atoms with Crippen molar-refractivity contribution in [2.24, 2.45) is 5.92 Å². The van der Waals surface area contributed by atoms with Crippen LogP contribution in [0.15, 0.2) is 0 Å². The molecule has 0 aromatic heterocycles. The monoisotopic (exact) mass is 332 g/mol. The Labute approximate surface area is 146 Å². The van der Waals surface area contributed by atoms with Crippen molar-refractivity contribution in [3.8, 4) is 0 Å². The van der Waals surface area contributed by atoms with Crippen LogP contribution in [-0.2, 0) is 0 Å². The average molecular weight is 333 g/mol. The minimum atomic E-state index is 0.730. The lowest BCUT2D eigenvalue weighted by atomic mass is 9.99. The molecule has 3 heteroatoms. The van der Waals surface area contributed by atoms with Gasteiger partial charge in [-0.3, -0.25) is 4.31 Å². The second-order valence-electron chi connectivity index (χ2n) is 6.20. The second-order valence-corrected chi connectivity index (χ2v) is 7.87. The highest BCUT2D eigenvalue weighted by Gasteiger charge is 2.12. The average Bonchev–Trinajstić information content (AvgIpc) is 2.51. The van der Waals surface area contributed by atoms with E-state index in [4.69, 9.17) is 0 Å². The Balaban J connectivity index is 0. The highest BCUT2D eigenvalue weighted by Crippen LogP contribution is 2.16. The summed E-state index contributed by atoms with van der Waals surface area (Å²) in [5.41, 5.74) is 0. The van der Waals surface area contributed by atoms with Gasteiger partial charge in [-0.2, -0.15) is 0 Å². The molecule has 0 aromatic rings. The van der Waals surface area contributed by atoms with Crippen molar-refractivity contribution >= 4 is 11.9 Å². The SMILES string of the molecule is CC.CCCN(CCC)SC(C)C.CCN1CCC(C)CC1. The van der Waals surface area contributed by atoms with Gasteiger partial charge in [0.05, 0.1) is 0 Å². The molecule has 1 heterocycles. The zero-order valence-electron chi connectivity index (χ0n) is 16.8. The summed E-state index contributed by atoms with van der Waals surface area (Å²) >= 11 is 1.98. The molecule has 0 aromatic carbocycles. The summed E-state index contributed by atoms with van der Waals surface area (Å²) in [7, 11) is 0. The summed E-state index contributed by atoms with van der Waals surface area (Å²) in [5, 5.41) is 0.730. The summed E-state index contributed by atoms with van der Waals surface area (Å²) in [4.78, 5) is 2.53. The van der Waals surface area contributed by atoms with Gasteiger partial charge in [0.15, 0.2) is 0 Å². The largest absolute Gasteiger partial charge is 0.304 e. The Bertz CT molecular complexity index is 196. The van der Waals surface area contributed by atoms with Crippen LogP contribution in [-0.4, -0.2) is 47.2 Å². The first-order chi connectivity index (χ1) is 10.5. The van der Waals surface area contributed by atoms with E-state index in [0.717, 1.165) is 11.2 Å². The van der Waals surface area contributed by atoms with Gasteiger partial charge in [-0.05, 0) is 51.2 Å². The normalized spacial score (nSPS) is 16.1. The lowest BCUT2D eigenvalue weighted by molar-refractivity contribution is 0.201. The minimum absolute atomic E-state index is 0.730. The van der Waals surface area contributed by atoms with E-state index < -0.39 is 0 Å². The van der Waals surface area contributed by atoms with Crippen LogP contribution in [0.25, 0.3) is 0 Å². The van der Waals surface area contributed by atoms with E-state index in [9.17, 15) is 0 Å². The van der Waals surface area contributed by atoms with Crippen LogP contribution in [0.4, 0.5) is 0 Å². The van der Waals surface area contributed by atoms with Crippen LogP contribution < -0.4 is 0 Å². The topological polar surface area (TPSA) is 6.48 Å². The van der Waals surface area contributed by atoms with Gasteiger partial charge in [0.2, 0.25) is 0 Å². The Morgan fingerprint density at radius 1 is 1.00 bits per heavy atom.